The fourth-order valence-corrected chi connectivity index (χ4v) is 12.1. The number of hydrogen-bond acceptors (Lipinski definition) is 12. The molecule has 12 nitrogen and oxygen atoms in total. The highest BCUT2D eigenvalue weighted by Gasteiger charge is 2.41. The highest BCUT2D eigenvalue weighted by atomic mass is 16.6. The third-order valence-electron chi connectivity index (χ3n) is 16.7. The van der Waals surface area contributed by atoms with E-state index in [1.165, 1.54) is 0 Å². The molecule has 12 heteroatoms. The maximum absolute atomic E-state index is 13.4. The van der Waals surface area contributed by atoms with Crippen molar-refractivity contribution in [2.75, 3.05) is 52.4 Å². The van der Waals surface area contributed by atoms with Crippen LogP contribution < -0.4 is 21.3 Å². The molecule has 0 atom stereocenters. The average molecular weight is 1040 g/mol. The van der Waals surface area contributed by atoms with Crippen LogP contribution in [-0.2, 0) is 60.5 Å². The number of benzene rings is 4. The van der Waals surface area contributed by atoms with E-state index in [2.05, 4.69) is 94.1 Å². The van der Waals surface area contributed by atoms with Crippen molar-refractivity contribution < 1.29 is 38.1 Å². The van der Waals surface area contributed by atoms with Gasteiger partial charge in [-0.1, -0.05) is 161 Å². The first kappa shape index (κ1) is 56.8. The van der Waals surface area contributed by atoms with E-state index in [1.807, 2.05) is 36.4 Å². The third kappa shape index (κ3) is 15.9. The molecule has 0 spiro atoms. The van der Waals surface area contributed by atoms with Gasteiger partial charge in [0.2, 0.25) is 0 Å². The molecule has 8 rings (SSSR count). The van der Waals surface area contributed by atoms with E-state index in [1.54, 1.807) is 0 Å². The first-order valence-electron chi connectivity index (χ1n) is 29.2. The summed E-state index contributed by atoms with van der Waals surface area (Å²) in [6, 6.07) is 37.3. The molecule has 4 heterocycles. The van der Waals surface area contributed by atoms with Gasteiger partial charge in [0.1, 0.15) is 22.4 Å². The van der Waals surface area contributed by atoms with Crippen LogP contribution in [0, 0.1) is 0 Å². The van der Waals surface area contributed by atoms with Crippen molar-refractivity contribution in [1.82, 2.24) is 21.3 Å². The summed E-state index contributed by atoms with van der Waals surface area (Å²) < 4.78 is 25.2. The van der Waals surface area contributed by atoms with Gasteiger partial charge in [-0.15, -0.1) is 0 Å². The van der Waals surface area contributed by atoms with Gasteiger partial charge in [0.05, 0.1) is 0 Å². The summed E-state index contributed by atoms with van der Waals surface area (Å²) in [5.74, 6) is -0.516. The molecule has 0 aromatic heterocycles. The van der Waals surface area contributed by atoms with E-state index in [0.717, 1.165) is 214 Å². The van der Waals surface area contributed by atoms with Gasteiger partial charge in [0.25, 0.3) is 0 Å². The van der Waals surface area contributed by atoms with Gasteiger partial charge < -0.3 is 40.2 Å². The van der Waals surface area contributed by atoms with Gasteiger partial charge in [-0.2, -0.15) is 0 Å². The Labute approximate surface area is 452 Å². The number of nitrogens with one attached hydrogen (secondary N) is 4. The Kier molecular flexibility index (Phi) is 21.5. The standard InChI is InChI=1S/C64H86N4O8/c69-57(73-61(35-43-65-44-36-61)53-19-11-9-12-20-53)23-15-5-1-3-7-17-25-59(71)75-63(39-47-67-48-40-63)55-31-27-51(28-32-55)52-29-33-56(34-30-52)64(41-49-68-50-42-64)76-60(72)26-18-8-4-2-6-16-24-58(70)74-62(37-45-66-46-38-62)54-21-13-10-14-22-54/h9-14,19-22,27-34,65-68H,1-8,15-18,23-26,35-50H2. The second-order valence-electron chi connectivity index (χ2n) is 22.0. The van der Waals surface area contributed by atoms with Crippen molar-refractivity contribution >= 4 is 23.9 Å². The zero-order chi connectivity index (χ0) is 52.8. The highest BCUT2D eigenvalue weighted by Crippen LogP contribution is 2.40. The summed E-state index contributed by atoms with van der Waals surface area (Å²) in [6.45, 7) is 6.49. The third-order valence-corrected chi connectivity index (χ3v) is 16.7. The number of carbonyl (C=O) groups excluding carboxylic acids is 4. The predicted molar refractivity (Wildman–Crippen MR) is 298 cm³/mol. The molecule has 4 aliphatic rings. The minimum absolute atomic E-state index is 0.114. The minimum Gasteiger partial charge on any atom is -0.454 e. The van der Waals surface area contributed by atoms with Crippen LogP contribution in [0.1, 0.15) is 176 Å². The molecule has 4 aliphatic heterocycles. The van der Waals surface area contributed by atoms with E-state index >= 15 is 0 Å². The smallest absolute Gasteiger partial charge is 0.306 e. The molecule has 4 N–H and O–H groups in total. The largest absolute Gasteiger partial charge is 0.454 e. The number of esters is 4. The molecule has 410 valence electrons. The van der Waals surface area contributed by atoms with E-state index in [-0.39, 0.29) is 23.9 Å². The Morgan fingerprint density at radius 3 is 0.737 bits per heavy atom. The van der Waals surface area contributed by atoms with E-state index < -0.39 is 22.4 Å². The Hall–Kier alpha value is -5.40. The van der Waals surface area contributed by atoms with Crippen LogP contribution >= 0.6 is 0 Å². The molecule has 4 saturated heterocycles. The number of unbranched alkanes of at least 4 members (excludes halogenated alkanes) is 10. The van der Waals surface area contributed by atoms with Crippen LogP contribution in [-0.4, -0.2) is 76.2 Å². The second kappa shape index (κ2) is 28.8. The molecule has 0 aliphatic carbocycles. The van der Waals surface area contributed by atoms with Crippen molar-refractivity contribution in [2.24, 2.45) is 0 Å². The SMILES string of the molecule is O=C(CCCCCCCCC(=O)OC1(c2ccc(-c3ccc(C4(OC(=O)CCCCCCCCC(=O)OC5(c6ccccc6)CCNCC5)CCNCC4)cc3)cc2)CCNCC1)OC1(c2ccccc2)CCNCC1. The molecule has 0 unspecified atom stereocenters. The Balaban J connectivity index is 0.731. The molecule has 4 aromatic carbocycles. The van der Waals surface area contributed by atoms with Crippen LogP contribution in [0.2, 0.25) is 0 Å². The molecule has 0 bridgehead atoms. The summed E-state index contributed by atoms with van der Waals surface area (Å²) in [5, 5.41) is 13.7. The van der Waals surface area contributed by atoms with E-state index in [4.69, 9.17) is 18.9 Å². The normalized spacial score (nSPS) is 18.7. The van der Waals surface area contributed by atoms with E-state index in [0.29, 0.717) is 25.7 Å². The molecule has 0 amide bonds. The number of piperidine rings is 4. The monoisotopic (exact) mass is 1040 g/mol. The molecule has 4 aromatic rings. The molecule has 76 heavy (non-hydrogen) atoms. The molecule has 4 fully saturated rings. The number of rotatable bonds is 27. The first-order valence-corrected chi connectivity index (χ1v) is 29.2. The van der Waals surface area contributed by atoms with Crippen molar-refractivity contribution in [3.63, 3.8) is 0 Å². The van der Waals surface area contributed by atoms with Crippen LogP contribution in [0.25, 0.3) is 11.1 Å². The van der Waals surface area contributed by atoms with Crippen molar-refractivity contribution in [3.8, 4) is 11.1 Å². The summed E-state index contributed by atoms with van der Waals surface area (Å²) >= 11 is 0. The van der Waals surface area contributed by atoms with Crippen molar-refractivity contribution in [3.05, 3.63) is 131 Å². The van der Waals surface area contributed by atoms with Gasteiger partial charge in [0, 0.05) is 77.0 Å². The zero-order valence-electron chi connectivity index (χ0n) is 45.3. The van der Waals surface area contributed by atoms with Gasteiger partial charge in [-0.25, -0.2) is 0 Å². The fourth-order valence-electron chi connectivity index (χ4n) is 12.1. The summed E-state index contributed by atoms with van der Waals surface area (Å²) in [6.07, 6.45) is 18.8. The van der Waals surface area contributed by atoms with Crippen molar-refractivity contribution in [1.29, 1.82) is 0 Å². The van der Waals surface area contributed by atoms with Gasteiger partial charge in [-0.05, 0) is 111 Å². The van der Waals surface area contributed by atoms with Crippen LogP contribution in [0.3, 0.4) is 0 Å². The maximum Gasteiger partial charge on any atom is 0.306 e. The Bertz CT molecular complexity index is 2220. The van der Waals surface area contributed by atoms with Crippen LogP contribution in [0.15, 0.2) is 109 Å². The topological polar surface area (TPSA) is 153 Å². The lowest BCUT2D eigenvalue weighted by atomic mass is 9.83. The second-order valence-corrected chi connectivity index (χ2v) is 22.0. The van der Waals surface area contributed by atoms with E-state index in [9.17, 15) is 19.2 Å². The quantitative estimate of drug-likeness (QED) is 0.0255. The number of carbonyl (C=O) groups is 4. The lowest BCUT2D eigenvalue weighted by Crippen LogP contribution is -2.43. The zero-order valence-corrected chi connectivity index (χ0v) is 45.3. The lowest BCUT2D eigenvalue weighted by Gasteiger charge is -2.38. The summed E-state index contributed by atoms with van der Waals surface area (Å²) in [5.41, 5.74) is 3.99. The van der Waals surface area contributed by atoms with Crippen molar-refractivity contribution in [2.45, 2.75) is 177 Å². The van der Waals surface area contributed by atoms with Gasteiger partial charge in [0.15, 0.2) is 0 Å². The Morgan fingerprint density at radius 2 is 0.500 bits per heavy atom. The maximum atomic E-state index is 13.4. The fraction of sp³-hybridized carbons (Fsp3) is 0.562. The molecular formula is C64H86N4O8. The van der Waals surface area contributed by atoms with Crippen LogP contribution in [0.4, 0.5) is 0 Å². The molecule has 0 saturated carbocycles. The predicted octanol–water partition coefficient (Wildman–Crippen LogP) is 11.5. The number of hydrogen-bond donors (Lipinski definition) is 4. The minimum atomic E-state index is -0.658. The lowest BCUT2D eigenvalue weighted by molar-refractivity contribution is -0.165. The van der Waals surface area contributed by atoms with Crippen LogP contribution in [0.5, 0.6) is 0 Å². The number of ether oxygens (including phenoxy) is 4. The summed E-state index contributed by atoms with van der Waals surface area (Å²) in [7, 11) is 0. The van der Waals surface area contributed by atoms with Gasteiger partial charge >= 0.3 is 23.9 Å². The van der Waals surface area contributed by atoms with Gasteiger partial charge in [-0.3, -0.25) is 19.2 Å². The molecule has 0 radical (unpaired) electrons. The first-order chi connectivity index (χ1) is 37.2. The summed E-state index contributed by atoms with van der Waals surface area (Å²) in [4.78, 5) is 52.7. The Morgan fingerprint density at radius 1 is 0.289 bits per heavy atom. The molecular weight excluding hydrogens is 953 g/mol. The average Bonchev–Trinajstić information content (AvgIpc) is 3.46. The highest BCUT2D eigenvalue weighted by molar-refractivity contribution is 5.72.